The number of nitrogens with two attached hydrogens (primary N) is 1. The summed E-state index contributed by atoms with van der Waals surface area (Å²) < 4.78 is 5.06. The third-order valence-electron chi connectivity index (χ3n) is 3.38. The van der Waals surface area contributed by atoms with E-state index in [2.05, 4.69) is 21.4 Å². The molecule has 2 aromatic rings. The number of aromatic amines is 1. The summed E-state index contributed by atoms with van der Waals surface area (Å²) in [6.45, 7) is 0.663. The van der Waals surface area contributed by atoms with Crippen LogP contribution in [0.25, 0.3) is 11.3 Å². The molecule has 1 aliphatic rings. The van der Waals surface area contributed by atoms with Crippen LogP contribution < -0.4 is 5.73 Å². The number of thiophene rings is 1. The molecule has 2 aromatic heterocycles. The third-order valence-corrected chi connectivity index (χ3v) is 4.36. The Bertz CT molecular complexity index is 546. The first-order valence-corrected chi connectivity index (χ1v) is 7.07. The third kappa shape index (κ3) is 1.98. The van der Waals surface area contributed by atoms with Crippen LogP contribution in [0.2, 0.25) is 0 Å². The highest BCUT2D eigenvalue weighted by Gasteiger charge is 2.22. The number of methoxy groups -OCH3 is 1. The Morgan fingerprint density at radius 3 is 3.28 bits per heavy atom. The highest BCUT2D eigenvalue weighted by atomic mass is 32.1. The Morgan fingerprint density at radius 1 is 1.56 bits per heavy atom. The maximum absolute atomic E-state index is 6.12. The molecule has 1 atom stereocenters. The van der Waals surface area contributed by atoms with Crippen LogP contribution in [0, 0.1) is 0 Å². The minimum Gasteiger partial charge on any atom is -0.385 e. The molecule has 4 nitrogen and oxygen atoms in total. The highest BCUT2D eigenvalue weighted by molar-refractivity contribution is 7.10. The van der Waals surface area contributed by atoms with Crippen LogP contribution in [0.15, 0.2) is 11.4 Å². The molecule has 0 bridgehead atoms. The van der Waals surface area contributed by atoms with Crippen molar-refractivity contribution in [3.05, 3.63) is 27.8 Å². The van der Waals surface area contributed by atoms with Gasteiger partial charge in [-0.05, 0) is 30.7 Å². The molecule has 1 aliphatic carbocycles. The maximum Gasteiger partial charge on any atom is 0.124 e. The number of aromatic nitrogens is 2. The first-order chi connectivity index (χ1) is 8.79. The molecule has 3 N–H and O–H groups in total. The number of rotatable bonds is 4. The van der Waals surface area contributed by atoms with Crippen LogP contribution in [0.1, 0.15) is 28.9 Å². The molecule has 18 heavy (non-hydrogen) atoms. The van der Waals surface area contributed by atoms with Crippen molar-refractivity contribution in [2.75, 3.05) is 13.7 Å². The van der Waals surface area contributed by atoms with Crippen LogP contribution in [0.3, 0.4) is 0 Å². The van der Waals surface area contributed by atoms with E-state index in [0.29, 0.717) is 6.61 Å². The van der Waals surface area contributed by atoms with Gasteiger partial charge in [0.2, 0.25) is 0 Å². The molecule has 0 amide bonds. The van der Waals surface area contributed by atoms with Crippen molar-refractivity contribution in [2.45, 2.75) is 25.3 Å². The number of H-pyrrole nitrogens is 1. The summed E-state index contributed by atoms with van der Waals surface area (Å²) >= 11 is 1.82. The zero-order valence-corrected chi connectivity index (χ0v) is 11.2. The quantitative estimate of drug-likeness (QED) is 0.889. The lowest BCUT2D eigenvalue weighted by Crippen LogP contribution is -2.14. The summed E-state index contributed by atoms with van der Waals surface area (Å²) in [6.07, 6.45) is 2.93. The molecule has 2 heterocycles. The Balaban J connectivity index is 1.89. The lowest BCUT2D eigenvalue weighted by atomic mass is 10.0. The maximum atomic E-state index is 6.12. The monoisotopic (exact) mass is 263 g/mol. The molecule has 0 saturated carbocycles. The second-order valence-corrected chi connectivity index (χ2v) is 5.60. The summed E-state index contributed by atoms with van der Waals surface area (Å²) in [5, 5.41) is 2.14. The van der Waals surface area contributed by atoms with E-state index in [4.69, 9.17) is 10.5 Å². The van der Waals surface area contributed by atoms with Crippen molar-refractivity contribution in [3.63, 3.8) is 0 Å². The van der Waals surface area contributed by atoms with Crippen molar-refractivity contribution < 1.29 is 4.74 Å². The van der Waals surface area contributed by atoms with E-state index in [1.54, 1.807) is 7.11 Å². The average Bonchev–Trinajstić information content (AvgIpc) is 3.00. The highest BCUT2D eigenvalue weighted by Crippen LogP contribution is 2.35. The van der Waals surface area contributed by atoms with Crippen LogP contribution in [-0.2, 0) is 17.6 Å². The average molecular weight is 263 g/mol. The Kier molecular flexibility index (Phi) is 3.20. The standard InChI is InChI=1S/C13H17N3OS/c1-17-6-4-9(14)13-15-10-2-3-11-8(5-7-18-11)12(10)16-13/h5,7,9H,2-4,6,14H2,1H3,(H,15,16). The zero-order chi connectivity index (χ0) is 12.5. The lowest BCUT2D eigenvalue weighted by Gasteiger charge is -2.09. The minimum absolute atomic E-state index is 0.0716. The number of hydrogen-bond donors (Lipinski definition) is 2. The molecule has 3 rings (SSSR count). The second kappa shape index (κ2) is 4.84. The number of fused-ring (bicyclic) bond motifs is 3. The van der Waals surface area contributed by atoms with Gasteiger partial charge in [0.05, 0.1) is 11.7 Å². The van der Waals surface area contributed by atoms with Gasteiger partial charge in [-0.1, -0.05) is 0 Å². The van der Waals surface area contributed by atoms with Crippen LogP contribution in [0.5, 0.6) is 0 Å². The van der Waals surface area contributed by atoms with E-state index < -0.39 is 0 Å². The van der Waals surface area contributed by atoms with E-state index in [0.717, 1.165) is 30.8 Å². The van der Waals surface area contributed by atoms with E-state index >= 15 is 0 Å². The summed E-state index contributed by atoms with van der Waals surface area (Å²) in [7, 11) is 1.69. The second-order valence-electron chi connectivity index (χ2n) is 4.59. The van der Waals surface area contributed by atoms with Crippen molar-refractivity contribution >= 4 is 11.3 Å². The van der Waals surface area contributed by atoms with Gasteiger partial charge in [-0.25, -0.2) is 4.98 Å². The fourth-order valence-electron chi connectivity index (χ4n) is 2.37. The van der Waals surface area contributed by atoms with E-state index in [-0.39, 0.29) is 6.04 Å². The number of imidazole rings is 1. The molecule has 0 fully saturated rings. The first kappa shape index (κ1) is 11.9. The van der Waals surface area contributed by atoms with Gasteiger partial charge in [-0.3, -0.25) is 0 Å². The van der Waals surface area contributed by atoms with Gasteiger partial charge >= 0.3 is 0 Å². The van der Waals surface area contributed by atoms with E-state index in [1.165, 1.54) is 16.1 Å². The predicted molar refractivity (Wildman–Crippen MR) is 72.7 cm³/mol. The number of ether oxygens (including phenoxy) is 1. The smallest absolute Gasteiger partial charge is 0.124 e. The Hall–Kier alpha value is -1.17. The zero-order valence-electron chi connectivity index (χ0n) is 10.4. The van der Waals surface area contributed by atoms with Gasteiger partial charge in [0.25, 0.3) is 0 Å². The van der Waals surface area contributed by atoms with Crippen LogP contribution in [-0.4, -0.2) is 23.7 Å². The minimum atomic E-state index is -0.0716. The first-order valence-electron chi connectivity index (χ1n) is 6.19. The van der Waals surface area contributed by atoms with Gasteiger partial charge in [-0.15, -0.1) is 11.3 Å². The molecule has 0 spiro atoms. The molecular formula is C13H17N3OS. The number of hydrogen-bond acceptors (Lipinski definition) is 4. The van der Waals surface area contributed by atoms with E-state index in [9.17, 15) is 0 Å². The number of nitrogens with one attached hydrogen (secondary N) is 1. The van der Waals surface area contributed by atoms with Gasteiger partial charge in [-0.2, -0.15) is 0 Å². The molecule has 0 radical (unpaired) electrons. The number of nitrogens with zero attached hydrogens (tertiary/aromatic N) is 1. The molecule has 0 saturated heterocycles. The Labute approximate surface area is 110 Å². The SMILES string of the molecule is COCCC(N)c1nc2c([nH]1)CCc1sccc1-2. The molecule has 5 heteroatoms. The largest absolute Gasteiger partial charge is 0.385 e. The van der Waals surface area contributed by atoms with Gasteiger partial charge < -0.3 is 15.5 Å². The fourth-order valence-corrected chi connectivity index (χ4v) is 3.25. The Morgan fingerprint density at radius 2 is 2.44 bits per heavy atom. The van der Waals surface area contributed by atoms with E-state index in [1.807, 2.05) is 11.3 Å². The normalized spacial score (nSPS) is 15.2. The molecule has 1 unspecified atom stereocenters. The van der Waals surface area contributed by atoms with Crippen molar-refractivity contribution in [1.82, 2.24) is 9.97 Å². The van der Waals surface area contributed by atoms with Gasteiger partial charge in [0.1, 0.15) is 5.82 Å². The van der Waals surface area contributed by atoms with Crippen molar-refractivity contribution in [2.24, 2.45) is 5.73 Å². The number of aryl methyl sites for hydroxylation is 2. The summed E-state index contributed by atoms with van der Waals surface area (Å²) in [4.78, 5) is 9.51. The summed E-state index contributed by atoms with van der Waals surface area (Å²) in [5.74, 6) is 0.885. The summed E-state index contributed by atoms with van der Waals surface area (Å²) in [5.41, 5.74) is 9.72. The topological polar surface area (TPSA) is 63.9 Å². The lowest BCUT2D eigenvalue weighted by molar-refractivity contribution is 0.187. The predicted octanol–water partition coefficient (Wildman–Crippen LogP) is 2.27. The molecule has 96 valence electrons. The molecule has 0 aliphatic heterocycles. The van der Waals surface area contributed by atoms with Gasteiger partial charge in [0, 0.05) is 29.9 Å². The molecule has 0 aromatic carbocycles. The fraction of sp³-hybridized carbons (Fsp3) is 0.462. The van der Waals surface area contributed by atoms with Gasteiger partial charge in [0.15, 0.2) is 0 Å². The molecular weight excluding hydrogens is 246 g/mol. The van der Waals surface area contributed by atoms with Crippen molar-refractivity contribution in [3.8, 4) is 11.3 Å². The van der Waals surface area contributed by atoms with Crippen molar-refractivity contribution in [1.29, 1.82) is 0 Å². The summed E-state index contributed by atoms with van der Waals surface area (Å²) in [6, 6.07) is 2.08. The van der Waals surface area contributed by atoms with Crippen LogP contribution >= 0.6 is 11.3 Å². The van der Waals surface area contributed by atoms with Crippen LogP contribution in [0.4, 0.5) is 0 Å².